The van der Waals surface area contributed by atoms with Crippen molar-refractivity contribution in [2.45, 2.75) is 40.3 Å². The van der Waals surface area contributed by atoms with E-state index < -0.39 is 0 Å². The number of rotatable bonds is 6. The Morgan fingerprint density at radius 2 is 1.96 bits per heavy atom. The van der Waals surface area contributed by atoms with E-state index in [1.54, 1.807) is 6.20 Å². The lowest BCUT2D eigenvalue weighted by atomic mass is 10.1. The van der Waals surface area contributed by atoms with Crippen LogP contribution in [-0.2, 0) is 16.1 Å². The Morgan fingerprint density at radius 1 is 1.27 bits per heavy atom. The molecule has 0 fully saturated rings. The standard InChI is InChI=1S/C20H26N4O2/c1-5-22-20(18-7-6-12-23-19(18)21)24(14(2)3)17-10-8-16(9-11-17)13-26-15(4)25/h6-12,14H,5,13H2,1-4H3,(H2,21,23)/b22-20-. The van der Waals surface area contributed by atoms with Gasteiger partial charge in [0.2, 0.25) is 0 Å². The minimum atomic E-state index is -0.290. The van der Waals surface area contributed by atoms with E-state index in [1.165, 1.54) is 6.92 Å². The van der Waals surface area contributed by atoms with Crippen LogP contribution in [0.3, 0.4) is 0 Å². The minimum Gasteiger partial charge on any atom is -0.461 e. The van der Waals surface area contributed by atoms with Crippen LogP contribution in [0.4, 0.5) is 11.5 Å². The second kappa shape index (κ2) is 8.99. The van der Waals surface area contributed by atoms with Crippen molar-refractivity contribution in [2.24, 2.45) is 4.99 Å². The van der Waals surface area contributed by atoms with Crippen molar-refractivity contribution in [3.05, 3.63) is 53.7 Å². The second-order valence-electron chi connectivity index (χ2n) is 6.14. The number of hydrogen-bond acceptors (Lipinski definition) is 5. The highest BCUT2D eigenvalue weighted by Crippen LogP contribution is 2.23. The summed E-state index contributed by atoms with van der Waals surface area (Å²) in [5.41, 5.74) is 8.83. The van der Waals surface area contributed by atoms with Gasteiger partial charge in [-0.25, -0.2) is 4.98 Å². The van der Waals surface area contributed by atoms with Crippen LogP contribution >= 0.6 is 0 Å². The number of aliphatic imine (C=N–C) groups is 1. The first-order valence-electron chi connectivity index (χ1n) is 8.70. The van der Waals surface area contributed by atoms with Crippen LogP contribution in [0.25, 0.3) is 0 Å². The summed E-state index contributed by atoms with van der Waals surface area (Å²) in [6.07, 6.45) is 1.67. The quantitative estimate of drug-likeness (QED) is 0.488. The first-order valence-corrected chi connectivity index (χ1v) is 8.70. The van der Waals surface area contributed by atoms with Gasteiger partial charge in [-0.05, 0) is 50.6 Å². The summed E-state index contributed by atoms with van der Waals surface area (Å²) in [5, 5.41) is 0. The fraction of sp³-hybridized carbons (Fsp3) is 0.350. The van der Waals surface area contributed by atoms with Crippen LogP contribution in [0.1, 0.15) is 38.8 Å². The van der Waals surface area contributed by atoms with E-state index in [4.69, 9.17) is 10.5 Å². The van der Waals surface area contributed by atoms with Crippen LogP contribution in [0.2, 0.25) is 0 Å². The van der Waals surface area contributed by atoms with Gasteiger partial charge in [-0.2, -0.15) is 0 Å². The second-order valence-corrected chi connectivity index (χ2v) is 6.14. The fourth-order valence-corrected chi connectivity index (χ4v) is 2.65. The molecule has 0 spiro atoms. The largest absolute Gasteiger partial charge is 0.461 e. The van der Waals surface area contributed by atoms with Crippen molar-refractivity contribution in [3.8, 4) is 0 Å². The Morgan fingerprint density at radius 3 is 2.50 bits per heavy atom. The Labute approximate surface area is 154 Å². The molecule has 0 amide bonds. The number of anilines is 2. The maximum atomic E-state index is 11.0. The maximum absolute atomic E-state index is 11.0. The molecule has 0 atom stereocenters. The minimum absolute atomic E-state index is 0.166. The molecule has 0 aliphatic rings. The smallest absolute Gasteiger partial charge is 0.302 e. The molecule has 1 aromatic carbocycles. The highest BCUT2D eigenvalue weighted by Gasteiger charge is 2.21. The van der Waals surface area contributed by atoms with Gasteiger partial charge in [-0.1, -0.05) is 12.1 Å². The Kier molecular flexibility index (Phi) is 6.72. The van der Waals surface area contributed by atoms with Gasteiger partial charge in [0, 0.05) is 31.4 Å². The molecule has 0 aliphatic heterocycles. The summed E-state index contributed by atoms with van der Waals surface area (Å²) in [5.74, 6) is 0.958. The third-order valence-corrected chi connectivity index (χ3v) is 3.79. The van der Waals surface area contributed by atoms with Crippen molar-refractivity contribution in [1.82, 2.24) is 4.98 Å². The van der Waals surface area contributed by atoms with E-state index >= 15 is 0 Å². The molecule has 2 aromatic rings. The average molecular weight is 354 g/mol. The highest BCUT2D eigenvalue weighted by molar-refractivity contribution is 6.12. The lowest BCUT2D eigenvalue weighted by molar-refractivity contribution is -0.142. The molecule has 138 valence electrons. The number of nitrogens with two attached hydrogens (primary N) is 1. The van der Waals surface area contributed by atoms with Crippen LogP contribution in [-0.4, -0.2) is 29.4 Å². The summed E-state index contributed by atoms with van der Waals surface area (Å²) in [7, 11) is 0. The normalized spacial score (nSPS) is 11.5. The van der Waals surface area contributed by atoms with E-state index in [9.17, 15) is 4.79 Å². The van der Waals surface area contributed by atoms with E-state index in [0.29, 0.717) is 12.4 Å². The molecule has 1 heterocycles. The molecule has 0 saturated carbocycles. The van der Waals surface area contributed by atoms with Crippen molar-refractivity contribution in [2.75, 3.05) is 17.2 Å². The topological polar surface area (TPSA) is 80.8 Å². The van der Waals surface area contributed by atoms with Crippen molar-refractivity contribution in [3.63, 3.8) is 0 Å². The number of nitrogens with zero attached hydrogens (tertiary/aromatic N) is 3. The summed E-state index contributed by atoms with van der Waals surface area (Å²) in [6.45, 7) is 8.50. The van der Waals surface area contributed by atoms with E-state index in [-0.39, 0.29) is 18.6 Å². The lowest BCUT2D eigenvalue weighted by Gasteiger charge is -2.31. The van der Waals surface area contributed by atoms with Crippen molar-refractivity contribution in [1.29, 1.82) is 0 Å². The zero-order chi connectivity index (χ0) is 19.1. The SMILES string of the molecule is CC/N=C(/c1cccnc1N)N(c1ccc(COC(C)=O)cc1)C(C)C. The molecule has 6 nitrogen and oxygen atoms in total. The van der Waals surface area contributed by atoms with Crippen LogP contribution in [0, 0.1) is 0 Å². The zero-order valence-corrected chi connectivity index (χ0v) is 15.8. The molecule has 0 aliphatic carbocycles. The number of carbonyl (C=O) groups excluding carboxylic acids is 1. The van der Waals surface area contributed by atoms with Crippen LogP contribution in [0.5, 0.6) is 0 Å². The molecule has 6 heteroatoms. The third kappa shape index (κ3) is 4.81. The first-order chi connectivity index (χ1) is 12.4. The predicted molar refractivity (Wildman–Crippen MR) is 105 cm³/mol. The Bertz CT molecular complexity index is 770. The van der Waals surface area contributed by atoms with E-state index in [0.717, 1.165) is 22.6 Å². The molecule has 2 N–H and O–H groups in total. The first kappa shape index (κ1) is 19.4. The Hall–Kier alpha value is -2.89. The lowest BCUT2D eigenvalue weighted by Crippen LogP contribution is -2.38. The van der Waals surface area contributed by atoms with Gasteiger partial charge in [-0.15, -0.1) is 0 Å². The molecule has 1 aromatic heterocycles. The summed E-state index contributed by atoms with van der Waals surface area (Å²) in [6, 6.07) is 11.8. The van der Waals surface area contributed by atoms with Crippen molar-refractivity contribution < 1.29 is 9.53 Å². The molecular formula is C20H26N4O2. The number of esters is 1. The number of pyridine rings is 1. The summed E-state index contributed by atoms with van der Waals surface area (Å²) < 4.78 is 5.05. The van der Waals surface area contributed by atoms with Gasteiger partial charge < -0.3 is 15.4 Å². The molecule has 0 bridgehead atoms. The number of ether oxygens (including phenoxy) is 1. The fourth-order valence-electron chi connectivity index (χ4n) is 2.65. The number of benzene rings is 1. The summed E-state index contributed by atoms with van der Waals surface area (Å²) in [4.78, 5) is 22.0. The molecule has 0 radical (unpaired) electrons. The maximum Gasteiger partial charge on any atom is 0.302 e. The van der Waals surface area contributed by atoms with Gasteiger partial charge in [0.05, 0.1) is 5.56 Å². The highest BCUT2D eigenvalue weighted by atomic mass is 16.5. The number of amidine groups is 1. The molecule has 2 rings (SSSR count). The molecular weight excluding hydrogens is 328 g/mol. The Balaban J connectivity index is 2.39. The predicted octanol–water partition coefficient (Wildman–Crippen LogP) is 3.41. The number of hydrogen-bond donors (Lipinski definition) is 1. The van der Waals surface area contributed by atoms with Gasteiger partial charge in [0.1, 0.15) is 18.3 Å². The monoisotopic (exact) mass is 354 g/mol. The van der Waals surface area contributed by atoms with Gasteiger partial charge >= 0.3 is 5.97 Å². The average Bonchev–Trinajstić information content (AvgIpc) is 2.61. The van der Waals surface area contributed by atoms with Gasteiger partial charge in [0.25, 0.3) is 0 Å². The van der Waals surface area contributed by atoms with E-state index in [1.807, 2.05) is 43.3 Å². The zero-order valence-electron chi connectivity index (χ0n) is 15.8. The van der Waals surface area contributed by atoms with E-state index in [2.05, 4.69) is 28.7 Å². The van der Waals surface area contributed by atoms with Crippen molar-refractivity contribution >= 4 is 23.3 Å². The third-order valence-electron chi connectivity index (χ3n) is 3.79. The number of aromatic nitrogens is 1. The number of nitrogen functional groups attached to an aromatic ring is 1. The van der Waals surface area contributed by atoms with Gasteiger partial charge in [-0.3, -0.25) is 9.79 Å². The molecule has 0 saturated heterocycles. The van der Waals surface area contributed by atoms with Crippen LogP contribution in [0.15, 0.2) is 47.6 Å². The number of carbonyl (C=O) groups is 1. The summed E-state index contributed by atoms with van der Waals surface area (Å²) >= 11 is 0. The van der Waals surface area contributed by atoms with Gasteiger partial charge in [0.15, 0.2) is 0 Å². The molecule has 26 heavy (non-hydrogen) atoms. The van der Waals surface area contributed by atoms with Crippen LogP contribution < -0.4 is 10.6 Å². The molecule has 0 unspecified atom stereocenters.